The number of hydrogen-bond donors (Lipinski definition) is 1. The van der Waals surface area contributed by atoms with Gasteiger partial charge in [-0.3, -0.25) is 9.59 Å². The highest BCUT2D eigenvalue weighted by molar-refractivity contribution is 7.09. The maximum absolute atomic E-state index is 13.8. The fourth-order valence-electron chi connectivity index (χ4n) is 6.05. The van der Waals surface area contributed by atoms with E-state index in [1.807, 2.05) is 10.3 Å². The molecule has 1 saturated carbocycles. The number of rotatable bonds is 3. The summed E-state index contributed by atoms with van der Waals surface area (Å²) in [6.07, 6.45) is 8.25. The van der Waals surface area contributed by atoms with Gasteiger partial charge < -0.3 is 14.8 Å². The number of piperidine rings is 1. The van der Waals surface area contributed by atoms with E-state index in [1.54, 1.807) is 23.5 Å². The molecule has 1 saturated heterocycles. The zero-order chi connectivity index (χ0) is 23.9. The summed E-state index contributed by atoms with van der Waals surface area (Å²) in [5.74, 6) is 0.552. The average Bonchev–Trinajstić information content (AvgIpc) is 3.53. The van der Waals surface area contributed by atoms with Gasteiger partial charge in [0.1, 0.15) is 11.5 Å². The Labute approximate surface area is 208 Å². The largest absolute Gasteiger partial charge is 0.358 e. The van der Waals surface area contributed by atoms with E-state index in [0.29, 0.717) is 30.6 Å². The van der Waals surface area contributed by atoms with Gasteiger partial charge in [0.2, 0.25) is 5.91 Å². The van der Waals surface area contributed by atoms with Gasteiger partial charge in [0.05, 0.1) is 5.01 Å². The van der Waals surface area contributed by atoms with Gasteiger partial charge in [0.25, 0.3) is 5.91 Å². The minimum absolute atomic E-state index is 0.0613. The van der Waals surface area contributed by atoms with Crippen molar-refractivity contribution in [3.05, 3.63) is 51.4 Å². The lowest BCUT2D eigenvalue weighted by molar-refractivity contribution is -0.137. The number of amides is 2. The van der Waals surface area contributed by atoms with E-state index >= 15 is 0 Å². The zero-order valence-corrected chi connectivity index (χ0v) is 20.7. The van der Waals surface area contributed by atoms with Gasteiger partial charge in [-0.15, -0.1) is 11.3 Å². The van der Waals surface area contributed by atoms with Crippen LogP contribution in [0.4, 0.5) is 4.39 Å². The molecule has 2 aromatic heterocycles. The van der Waals surface area contributed by atoms with Crippen molar-refractivity contribution in [1.29, 1.82) is 0 Å². The molecule has 0 atom stereocenters. The molecular formula is C27H31FN4O2S. The molecular weight excluding hydrogens is 463 g/mol. The number of nitrogens with zero attached hydrogens (tertiary/aromatic N) is 3. The molecule has 1 N–H and O–H groups in total. The first-order valence-electron chi connectivity index (χ1n) is 12.9. The number of benzene rings is 1. The third-order valence-corrected chi connectivity index (χ3v) is 9.08. The van der Waals surface area contributed by atoms with E-state index in [0.717, 1.165) is 72.4 Å². The van der Waals surface area contributed by atoms with Crippen LogP contribution in [0.2, 0.25) is 0 Å². The number of hydrogen-bond acceptors (Lipinski definition) is 4. The predicted molar refractivity (Wildman–Crippen MR) is 134 cm³/mol. The second-order valence-electron chi connectivity index (χ2n) is 10.3. The summed E-state index contributed by atoms with van der Waals surface area (Å²) in [6, 6.07) is 4.77. The summed E-state index contributed by atoms with van der Waals surface area (Å²) >= 11 is 1.56. The maximum atomic E-state index is 13.8. The second-order valence-corrected chi connectivity index (χ2v) is 11.1. The van der Waals surface area contributed by atoms with Crippen molar-refractivity contribution < 1.29 is 14.0 Å². The first-order valence-corrected chi connectivity index (χ1v) is 13.8. The topological polar surface area (TPSA) is 69.3 Å². The van der Waals surface area contributed by atoms with Crippen LogP contribution >= 0.6 is 11.3 Å². The highest BCUT2D eigenvalue weighted by Crippen LogP contribution is 2.34. The number of aromatic nitrogens is 2. The molecule has 0 spiro atoms. The molecule has 4 heterocycles. The van der Waals surface area contributed by atoms with Crippen molar-refractivity contribution in [2.75, 3.05) is 19.6 Å². The summed E-state index contributed by atoms with van der Waals surface area (Å²) in [4.78, 5) is 38.2. The SMILES string of the molecule is O=C(c1csc(C2CCN(C(=O)C3CCCCC3)CC2)n1)N1CCc2[nH]c3ccc(F)cc3c2C1. The van der Waals surface area contributed by atoms with Crippen LogP contribution in [0.1, 0.15) is 77.6 Å². The fraction of sp³-hybridized carbons (Fsp3) is 0.519. The van der Waals surface area contributed by atoms with Crippen molar-refractivity contribution in [3.63, 3.8) is 0 Å². The molecule has 184 valence electrons. The van der Waals surface area contributed by atoms with Gasteiger partial charge in [-0.1, -0.05) is 19.3 Å². The monoisotopic (exact) mass is 494 g/mol. The Kier molecular flexibility index (Phi) is 6.08. The normalized spacial score (nSPS) is 19.8. The van der Waals surface area contributed by atoms with Gasteiger partial charge in [-0.25, -0.2) is 9.37 Å². The number of halogens is 1. The van der Waals surface area contributed by atoms with E-state index in [1.165, 1.54) is 25.3 Å². The number of fused-ring (bicyclic) bond motifs is 3. The van der Waals surface area contributed by atoms with E-state index < -0.39 is 0 Å². The molecule has 35 heavy (non-hydrogen) atoms. The number of nitrogens with one attached hydrogen (secondary N) is 1. The Hall–Kier alpha value is -2.74. The molecule has 2 fully saturated rings. The molecule has 3 aliphatic rings. The van der Waals surface area contributed by atoms with Gasteiger partial charge in [-0.2, -0.15) is 0 Å². The van der Waals surface area contributed by atoms with Crippen LogP contribution in [0.3, 0.4) is 0 Å². The summed E-state index contributed by atoms with van der Waals surface area (Å²) in [6.45, 7) is 2.66. The Morgan fingerprint density at radius 1 is 1.03 bits per heavy atom. The Morgan fingerprint density at radius 3 is 2.63 bits per heavy atom. The first kappa shape index (κ1) is 22.7. The second kappa shape index (κ2) is 9.37. The van der Waals surface area contributed by atoms with Gasteiger partial charge >= 0.3 is 0 Å². The van der Waals surface area contributed by atoms with Crippen LogP contribution in [-0.4, -0.2) is 51.2 Å². The minimum Gasteiger partial charge on any atom is -0.358 e. The number of carbonyl (C=O) groups excluding carboxylic acids is 2. The quantitative estimate of drug-likeness (QED) is 0.541. The van der Waals surface area contributed by atoms with Gasteiger partial charge in [-0.05, 0) is 43.9 Å². The van der Waals surface area contributed by atoms with Crippen molar-refractivity contribution in [2.45, 2.75) is 63.8 Å². The number of likely N-dealkylation sites (tertiary alicyclic amines) is 1. The smallest absolute Gasteiger partial charge is 0.273 e. The third kappa shape index (κ3) is 4.37. The number of H-pyrrole nitrogens is 1. The van der Waals surface area contributed by atoms with Crippen LogP contribution in [0, 0.1) is 11.7 Å². The predicted octanol–water partition coefficient (Wildman–Crippen LogP) is 5.25. The van der Waals surface area contributed by atoms with Crippen LogP contribution in [-0.2, 0) is 17.8 Å². The van der Waals surface area contributed by atoms with Crippen molar-refractivity contribution >= 4 is 34.1 Å². The third-order valence-electron chi connectivity index (χ3n) is 8.08. The highest BCUT2D eigenvalue weighted by atomic mass is 32.1. The Bertz CT molecular complexity index is 1250. The fourth-order valence-corrected chi connectivity index (χ4v) is 7.01. The van der Waals surface area contributed by atoms with E-state index in [4.69, 9.17) is 4.98 Å². The van der Waals surface area contributed by atoms with Crippen LogP contribution < -0.4 is 0 Å². The molecule has 8 heteroatoms. The maximum Gasteiger partial charge on any atom is 0.273 e. The molecule has 1 aliphatic carbocycles. The molecule has 1 aromatic carbocycles. The summed E-state index contributed by atoms with van der Waals surface area (Å²) in [5.41, 5.74) is 3.50. The van der Waals surface area contributed by atoms with Crippen LogP contribution in [0.25, 0.3) is 10.9 Å². The molecule has 6 nitrogen and oxygen atoms in total. The summed E-state index contributed by atoms with van der Waals surface area (Å²) in [7, 11) is 0. The highest BCUT2D eigenvalue weighted by Gasteiger charge is 2.31. The summed E-state index contributed by atoms with van der Waals surface area (Å²) < 4.78 is 13.8. The Morgan fingerprint density at radius 2 is 1.83 bits per heavy atom. The molecule has 0 bridgehead atoms. The lowest BCUT2D eigenvalue weighted by Crippen LogP contribution is -2.41. The zero-order valence-electron chi connectivity index (χ0n) is 19.9. The number of carbonyl (C=O) groups is 2. The van der Waals surface area contributed by atoms with Crippen molar-refractivity contribution in [2.24, 2.45) is 5.92 Å². The summed E-state index contributed by atoms with van der Waals surface area (Å²) in [5, 5.41) is 3.73. The van der Waals surface area contributed by atoms with Crippen molar-refractivity contribution in [1.82, 2.24) is 19.8 Å². The average molecular weight is 495 g/mol. The van der Waals surface area contributed by atoms with Crippen LogP contribution in [0.15, 0.2) is 23.6 Å². The standard InChI is InChI=1S/C27H31FN4O2S/c28-19-6-7-22-20(14-19)21-15-32(13-10-23(21)29-22)27(34)24-16-35-25(30-24)17-8-11-31(12-9-17)26(33)18-4-2-1-3-5-18/h6-7,14,16-18,29H,1-5,8-13,15H2. The van der Waals surface area contributed by atoms with E-state index in [9.17, 15) is 14.0 Å². The molecule has 2 aliphatic heterocycles. The van der Waals surface area contributed by atoms with Crippen molar-refractivity contribution in [3.8, 4) is 0 Å². The molecule has 0 unspecified atom stereocenters. The number of thiazole rings is 1. The Balaban J connectivity index is 1.10. The molecule has 2 amide bonds. The lowest BCUT2D eigenvalue weighted by Gasteiger charge is -2.34. The minimum atomic E-state index is -0.265. The van der Waals surface area contributed by atoms with Gasteiger partial charge in [0.15, 0.2) is 0 Å². The number of aromatic amines is 1. The van der Waals surface area contributed by atoms with E-state index in [2.05, 4.69) is 9.88 Å². The lowest BCUT2D eigenvalue weighted by atomic mass is 9.87. The molecule has 3 aromatic rings. The first-order chi connectivity index (χ1) is 17.1. The van der Waals surface area contributed by atoms with Crippen LogP contribution in [0.5, 0.6) is 0 Å². The molecule has 0 radical (unpaired) electrons. The van der Waals surface area contributed by atoms with Gasteiger partial charge in [0, 0.05) is 72.0 Å². The van der Waals surface area contributed by atoms with E-state index in [-0.39, 0.29) is 17.6 Å². The molecule has 6 rings (SSSR count).